The molecule has 4 nitrogen and oxygen atoms in total. The van der Waals surface area contributed by atoms with E-state index in [1.165, 1.54) is 6.07 Å². The van der Waals surface area contributed by atoms with Crippen LogP contribution < -0.4 is 4.74 Å². The van der Waals surface area contributed by atoms with E-state index in [2.05, 4.69) is 34.8 Å². The van der Waals surface area contributed by atoms with Crippen molar-refractivity contribution in [3.63, 3.8) is 0 Å². The van der Waals surface area contributed by atoms with Crippen LogP contribution in [0.4, 0.5) is 4.39 Å². The van der Waals surface area contributed by atoms with Crippen molar-refractivity contribution in [1.82, 2.24) is 9.88 Å². The normalized spacial score (nSPS) is 17.9. The Bertz CT molecular complexity index is 929. The molecule has 0 aliphatic carbocycles. The van der Waals surface area contributed by atoms with Gasteiger partial charge in [0.25, 0.3) is 5.91 Å². The van der Waals surface area contributed by atoms with E-state index in [9.17, 15) is 9.18 Å². The highest BCUT2D eigenvalue weighted by Gasteiger charge is 2.40. The number of pyridine rings is 1. The molecule has 0 radical (unpaired) electrons. The molecule has 1 aromatic heterocycles. The number of halogens is 2. The van der Waals surface area contributed by atoms with Crippen molar-refractivity contribution in [2.75, 3.05) is 13.1 Å². The molecule has 0 bridgehead atoms. The molecule has 0 saturated carbocycles. The molecule has 154 valence electrons. The molecular formula is C22H24BrFN2O2S. The van der Waals surface area contributed by atoms with Gasteiger partial charge in [0.1, 0.15) is 27.5 Å². The highest BCUT2D eigenvalue weighted by atomic mass is 79.9. The molecule has 4 rings (SSSR count). The van der Waals surface area contributed by atoms with Crippen molar-refractivity contribution in [3.05, 3.63) is 52.0 Å². The van der Waals surface area contributed by atoms with E-state index in [0.29, 0.717) is 24.0 Å². The first kappa shape index (κ1) is 20.7. The van der Waals surface area contributed by atoms with Crippen LogP contribution in [-0.4, -0.2) is 39.7 Å². The molecule has 0 N–H and O–H groups in total. The van der Waals surface area contributed by atoms with Crippen molar-refractivity contribution < 1.29 is 13.9 Å². The number of benzene rings is 1. The Morgan fingerprint density at radius 2 is 2.00 bits per heavy atom. The summed E-state index contributed by atoms with van der Waals surface area (Å²) in [5, 5.41) is 0.449. The maximum atomic E-state index is 13.4. The zero-order valence-corrected chi connectivity index (χ0v) is 19.0. The second-order valence-electron chi connectivity index (χ2n) is 7.98. The molecule has 0 unspecified atom stereocenters. The van der Waals surface area contributed by atoms with E-state index >= 15 is 0 Å². The summed E-state index contributed by atoms with van der Waals surface area (Å²) in [4.78, 5) is 20.3. The van der Waals surface area contributed by atoms with Gasteiger partial charge in [-0.05, 0) is 64.7 Å². The second kappa shape index (κ2) is 8.26. The molecule has 0 atom stereocenters. The Kier molecular flexibility index (Phi) is 5.89. The van der Waals surface area contributed by atoms with Crippen molar-refractivity contribution in [3.8, 4) is 5.75 Å². The molecular weight excluding hydrogens is 455 g/mol. The maximum absolute atomic E-state index is 13.4. The average molecular weight is 479 g/mol. The van der Waals surface area contributed by atoms with Gasteiger partial charge in [0.05, 0.1) is 0 Å². The van der Waals surface area contributed by atoms with Gasteiger partial charge in [-0.2, -0.15) is 0 Å². The second-order valence-corrected chi connectivity index (χ2v) is 10.4. The summed E-state index contributed by atoms with van der Waals surface area (Å²) in [5.74, 6) is 0.515. The average Bonchev–Trinajstić information content (AvgIpc) is 2.70. The molecule has 1 aromatic carbocycles. The number of thioether (sulfide) groups is 1. The lowest BCUT2D eigenvalue weighted by molar-refractivity contribution is -0.0109. The lowest BCUT2D eigenvalue weighted by atomic mass is 9.83. The van der Waals surface area contributed by atoms with Gasteiger partial charge in [0.2, 0.25) is 0 Å². The van der Waals surface area contributed by atoms with Gasteiger partial charge in [0.15, 0.2) is 0 Å². The molecule has 7 heteroatoms. The van der Waals surface area contributed by atoms with Gasteiger partial charge in [0, 0.05) is 36.1 Å². The van der Waals surface area contributed by atoms with Crippen LogP contribution in [0.25, 0.3) is 0 Å². The number of hydrogen-bond donors (Lipinski definition) is 0. The van der Waals surface area contributed by atoms with Crippen LogP contribution in [-0.2, 0) is 6.42 Å². The Balaban J connectivity index is 1.41. The van der Waals surface area contributed by atoms with Crippen LogP contribution in [0.3, 0.4) is 0 Å². The fourth-order valence-corrected chi connectivity index (χ4v) is 5.40. The number of carbonyl (C=O) groups is 1. The fourth-order valence-electron chi connectivity index (χ4n) is 4.00. The topological polar surface area (TPSA) is 42.4 Å². The standard InChI is InChI=1S/C22H24BrFN2O2S/c1-14(2)29-19-6-4-17(25-20(19)23)21(27)26-11-9-22(10-12-26)8-7-15-13-16(24)3-5-18(15)28-22/h3-6,13-14H,7-12H2,1-2H3. The van der Waals surface area contributed by atoms with Gasteiger partial charge in [-0.15, -0.1) is 11.8 Å². The minimum atomic E-state index is -0.257. The summed E-state index contributed by atoms with van der Waals surface area (Å²) in [6.45, 7) is 5.53. The SMILES string of the molecule is CC(C)Sc1ccc(C(=O)N2CCC3(CCc4cc(F)ccc4O3)CC2)nc1Br. The number of nitrogens with zero attached hydrogens (tertiary/aromatic N) is 2. The van der Waals surface area contributed by atoms with Crippen molar-refractivity contribution >= 4 is 33.6 Å². The summed E-state index contributed by atoms with van der Waals surface area (Å²) in [6.07, 6.45) is 3.22. The number of ether oxygens (including phenoxy) is 1. The summed E-state index contributed by atoms with van der Waals surface area (Å²) < 4.78 is 20.4. The van der Waals surface area contributed by atoms with E-state index in [1.54, 1.807) is 23.9 Å². The quantitative estimate of drug-likeness (QED) is 0.432. The third-order valence-corrected chi connectivity index (χ3v) is 7.48. The van der Waals surface area contributed by atoms with Gasteiger partial charge < -0.3 is 9.64 Å². The predicted molar refractivity (Wildman–Crippen MR) is 116 cm³/mol. The summed E-state index contributed by atoms with van der Waals surface area (Å²) in [7, 11) is 0. The molecule has 1 amide bonds. The number of piperidine rings is 1. The third-order valence-electron chi connectivity index (χ3n) is 5.56. The highest BCUT2D eigenvalue weighted by molar-refractivity contribution is 9.10. The van der Waals surface area contributed by atoms with E-state index in [-0.39, 0.29) is 17.3 Å². The van der Waals surface area contributed by atoms with Gasteiger partial charge in [-0.3, -0.25) is 4.79 Å². The number of amides is 1. The number of aromatic nitrogens is 1. The molecule has 29 heavy (non-hydrogen) atoms. The molecule has 2 aliphatic rings. The van der Waals surface area contributed by atoms with E-state index in [0.717, 1.165) is 46.5 Å². The van der Waals surface area contributed by atoms with Gasteiger partial charge >= 0.3 is 0 Å². The van der Waals surface area contributed by atoms with Crippen LogP contribution in [0.15, 0.2) is 39.8 Å². The molecule has 2 aromatic rings. The molecule has 1 saturated heterocycles. The maximum Gasteiger partial charge on any atom is 0.272 e. The molecule has 1 fully saturated rings. The zero-order chi connectivity index (χ0) is 20.6. The monoisotopic (exact) mass is 478 g/mol. The van der Waals surface area contributed by atoms with Crippen LogP contribution in [0, 0.1) is 5.82 Å². The number of likely N-dealkylation sites (tertiary alicyclic amines) is 1. The van der Waals surface area contributed by atoms with E-state index < -0.39 is 0 Å². The first-order valence-electron chi connectivity index (χ1n) is 9.95. The van der Waals surface area contributed by atoms with E-state index in [1.807, 2.05) is 17.0 Å². The molecule has 2 aliphatic heterocycles. The number of hydrogen-bond acceptors (Lipinski definition) is 4. The van der Waals surface area contributed by atoms with Crippen LogP contribution in [0.5, 0.6) is 5.75 Å². The summed E-state index contributed by atoms with van der Waals surface area (Å²) in [5.41, 5.74) is 1.14. The number of carbonyl (C=O) groups excluding carboxylic acids is 1. The van der Waals surface area contributed by atoms with Crippen LogP contribution in [0.2, 0.25) is 0 Å². The third kappa shape index (κ3) is 4.45. The Labute approximate surface area is 183 Å². The smallest absolute Gasteiger partial charge is 0.272 e. The van der Waals surface area contributed by atoms with Gasteiger partial charge in [-0.25, -0.2) is 9.37 Å². The van der Waals surface area contributed by atoms with Crippen LogP contribution >= 0.6 is 27.7 Å². The summed E-state index contributed by atoms with van der Waals surface area (Å²) in [6, 6.07) is 8.50. The zero-order valence-electron chi connectivity index (χ0n) is 16.6. The molecule has 3 heterocycles. The largest absolute Gasteiger partial charge is 0.487 e. The first-order chi connectivity index (χ1) is 13.8. The Morgan fingerprint density at radius 1 is 1.24 bits per heavy atom. The fraction of sp³-hybridized carbons (Fsp3) is 0.455. The van der Waals surface area contributed by atoms with E-state index in [4.69, 9.17) is 4.74 Å². The number of aryl methyl sites for hydroxylation is 1. The summed E-state index contributed by atoms with van der Waals surface area (Å²) >= 11 is 5.21. The van der Waals surface area contributed by atoms with Crippen molar-refractivity contribution in [2.24, 2.45) is 0 Å². The van der Waals surface area contributed by atoms with Gasteiger partial charge in [-0.1, -0.05) is 13.8 Å². The first-order valence-corrected chi connectivity index (χ1v) is 11.6. The predicted octanol–water partition coefficient (Wildman–Crippen LogP) is 5.48. The van der Waals surface area contributed by atoms with Crippen molar-refractivity contribution in [2.45, 2.75) is 55.3 Å². The molecule has 1 spiro atoms. The minimum Gasteiger partial charge on any atom is -0.487 e. The lowest BCUT2D eigenvalue weighted by Gasteiger charge is -2.44. The Morgan fingerprint density at radius 3 is 2.69 bits per heavy atom. The minimum absolute atomic E-state index is 0.0417. The number of fused-ring (bicyclic) bond motifs is 1. The van der Waals surface area contributed by atoms with Crippen LogP contribution in [0.1, 0.15) is 49.2 Å². The Hall–Kier alpha value is -1.60. The highest BCUT2D eigenvalue weighted by Crippen LogP contribution is 2.39. The number of rotatable bonds is 3. The van der Waals surface area contributed by atoms with Crippen molar-refractivity contribution in [1.29, 1.82) is 0 Å². The lowest BCUT2D eigenvalue weighted by Crippen LogP contribution is -2.51.